The second-order valence-corrected chi connectivity index (χ2v) is 3.79. The molecule has 3 N–H and O–H groups in total. The normalized spacial score (nSPS) is 10.8. The van der Waals surface area contributed by atoms with E-state index in [4.69, 9.17) is 17.3 Å². The number of ketones is 1. The quantitative estimate of drug-likeness (QED) is 0.784. The summed E-state index contributed by atoms with van der Waals surface area (Å²) in [6.07, 6.45) is 2.08. The van der Waals surface area contributed by atoms with Crippen LogP contribution in [0.2, 0.25) is 5.02 Å². The van der Waals surface area contributed by atoms with Gasteiger partial charge in [-0.1, -0.05) is 17.7 Å². The van der Waals surface area contributed by atoms with Gasteiger partial charge in [0.1, 0.15) is 0 Å². The summed E-state index contributed by atoms with van der Waals surface area (Å²) >= 11 is 5.84. The third kappa shape index (κ3) is 1.89. The Bertz CT molecular complexity index is 504. The Kier molecular flexibility index (Phi) is 2.75. The van der Waals surface area contributed by atoms with Gasteiger partial charge in [0.05, 0.1) is 0 Å². The number of nitrogens with two attached hydrogens (primary N) is 1. The molecule has 0 radical (unpaired) electrons. The van der Waals surface area contributed by atoms with E-state index in [9.17, 15) is 4.79 Å². The molecule has 0 saturated heterocycles. The smallest absolute Gasteiger partial charge is 0.166 e. The van der Waals surface area contributed by atoms with E-state index >= 15 is 0 Å². The van der Waals surface area contributed by atoms with Gasteiger partial charge in [-0.25, -0.2) is 0 Å². The highest BCUT2D eigenvalue weighted by Crippen LogP contribution is 2.22. The van der Waals surface area contributed by atoms with Crippen LogP contribution in [0.5, 0.6) is 0 Å². The molecule has 0 atom stereocenters. The molecule has 1 heterocycles. The van der Waals surface area contributed by atoms with Gasteiger partial charge in [0.15, 0.2) is 5.78 Å². The zero-order valence-corrected chi connectivity index (χ0v) is 8.84. The Morgan fingerprint density at radius 1 is 1.47 bits per heavy atom. The van der Waals surface area contributed by atoms with E-state index in [1.54, 1.807) is 18.3 Å². The van der Waals surface area contributed by atoms with Crippen molar-refractivity contribution in [2.24, 2.45) is 5.73 Å². The predicted octanol–water partition coefficient (Wildman–Crippen LogP) is 2.35. The van der Waals surface area contributed by atoms with Gasteiger partial charge in [-0.2, -0.15) is 0 Å². The summed E-state index contributed by atoms with van der Waals surface area (Å²) in [6, 6.07) is 5.42. The van der Waals surface area contributed by atoms with Gasteiger partial charge in [-0.3, -0.25) is 4.79 Å². The molecule has 0 aliphatic carbocycles. The monoisotopic (exact) mass is 222 g/mol. The Hall–Kier alpha value is -1.32. The van der Waals surface area contributed by atoms with Gasteiger partial charge < -0.3 is 10.7 Å². The third-order valence-corrected chi connectivity index (χ3v) is 2.55. The third-order valence-electron chi connectivity index (χ3n) is 2.32. The lowest BCUT2D eigenvalue weighted by Crippen LogP contribution is -2.07. The van der Waals surface area contributed by atoms with Crippen LogP contribution in [0.1, 0.15) is 16.8 Å². The van der Waals surface area contributed by atoms with Crippen molar-refractivity contribution in [1.29, 1.82) is 0 Å². The second-order valence-electron chi connectivity index (χ2n) is 3.35. The molecule has 2 aromatic rings. The van der Waals surface area contributed by atoms with Crippen molar-refractivity contribution in [3.8, 4) is 0 Å². The highest BCUT2D eigenvalue weighted by Gasteiger charge is 2.10. The predicted molar refractivity (Wildman–Crippen MR) is 61.3 cm³/mol. The molecule has 78 valence electrons. The number of Topliss-reactive ketones (excluding diaryl/α,β-unsaturated/α-hetero) is 1. The van der Waals surface area contributed by atoms with Crippen LogP contribution < -0.4 is 5.73 Å². The van der Waals surface area contributed by atoms with Gasteiger partial charge in [0.2, 0.25) is 0 Å². The molecule has 0 saturated carbocycles. The van der Waals surface area contributed by atoms with E-state index in [-0.39, 0.29) is 5.78 Å². The number of halogens is 1. The summed E-state index contributed by atoms with van der Waals surface area (Å²) in [7, 11) is 0. The van der Waals surface area contributed by atoms with Crippen molar-refractivity contribution < 1.29 is 4.79 Å². The van der Waals surface area contributed by atoms with Crippen molar-refractivity contribution in [2.45, 2.75) is 6.42 Å². The summed E-state index contributed by atoms with van der Waals surface area (Å²) in [5.74, 6) is 0.0612. The van der Waals surface area contributed by atoms with Crippen molar-refractivity contribution >= 4 is 28.3 Å². The molecule has 15 heavy (non-hydrogen) atoms. The van der Waals surface area contributed by atoms with Gasteiger partial charge in [-0.05, 0) is 18.7 Å². The van der Waals surface area contributed by atoms with E-state index in [0.29, 0.717) is 23.6 Å². The standard InChI is InChI=1S/C11H11ClN2O/c12-7-1-2-8-9(11(15)3-4-13)6-14-10(8)5-7/h1-2,5-6,14H,3-4,13H2. The van der Waals surface area contributed by atoms with E-state index in [0.717, 1.165) is 10.9 Å². The first-order chi connectivity index (χ1) is 7.22. The topological polar surface area (TPSA) is 58.9 Å². The largest absolute Gasteiger partial charge is 0.360 e. The molecule has 0 aliphatic heterocycles. The summed E-state index contributed by atoms with van der Waals surface area (Å²) < 4.78 is 0. The highest BCUT2D eigenvalue weighted by molar-refractivity contribution is 6.31. The average Bonchev–Trinajstić information content (AvgIpc) is 2.60. The number of hydrogen-bond acceptors (Lipinski definition) is 2. The lowest BCUT2D eigenvalue weighted by atomic mass is 10.1. The summed E-state index contributed by atoms with van der Waals surface area (Å²) in [5.41, 5.74) is 6.92. The molecule has 0 aliphatic rings. The molecule has 0 unspecified atom stereocenters. The number of rotatable bonds is 3. The SMILES string of the molecule is NCCC(=O)c1c[nH]c2cc(Cl)ccc12. The fourth-order valence-electron chi connectivity index (χ4n) is 1.59. The molecule has 0 fully saturated rings. The first-order valence-electron chi connectivity index (χ1n) is 4.72. The number of benzene rings is 1. The minimum absolute atomic E-state index is 0.0612. The van der Waals surface area contributed by atoms with Gasteiger partial charge in [-0.15, -0.1) is 0 Å². The number of carbonyl (C=O) groups excluding carboxylic acids is 1. The van der Waals surface area contributed by atoms with Gasteiger partial charge >= 0.3 is 0 Å². The number of aromatic nitrogens is 1. The Labute approximate surface area is 92.2 Å². The molecule has 0 bridgehead atoms. The van der Waals surface area contributed by atoms with E-state index in [1.165, 1.54) is 0 Å². The van der Waals surface area contributed by atoms with Crippen LogP contribution in [0.4, 0.5) is 0 Å². The van der Waals surface area contributed by atoms with Crippen molar-refractivity contribution in [1.82, 2.24) is 4.98 Å². The maximum Gasteiger partial charge on any atom is 0.166 e. The fourth-order valence-corrected chi connectivity index (χ4v) is 1.77. The first-order valence-corrected chi connectivity index (χ1v) is 5.10. The van der Waals surface area contributed by atoms with Crippen molar-refractivity contribution in [3.05, 3.63) is 35.0 Å². The molecule has 3 nitrogen and oxygen atoms in total. The van der Waals surface area contributed by atoms with Crippen LogP contribution in [0, 0.1) is 0 Å². The number of fused-ring (bicyclic) bond motifs is 1. The van der Waals surface area contributed by atoms with E-state index < -0.39 is 0 Å². The zero-order valence-electron chi connectivity index (χ0n) is 8.09. The van der Waals surface area contributed by atoms with E-state index in [2.05, 4.69) is 4.98 Å². The minimum Gasteiger partial charge on any atom is -0.360 e. The van der Waals surface area contributed by atoms with Crippen LogP contribution >= 0.6 is 11.6 Å². The van der Waals surface area contributed by atoms with Crippen LogP contribution in [-0.2, 0) is 0 Å². The van der Waals surface area contributed by atoms with Crippen molar-refractivity contribution in [2.75, 3.05) is 6.54 Å². The van der Waals surface area contributed by atoms with Crippen LogP contribution in [0.15, 0.2) is 24.4 Å². The molecule has 0 amide bonds. The summed E-state index contributed by atoms with van der Waals surface area (Å²) in [6.45, 7) is 0.374. The fraction of sp³-hybridized carbons (Fsp3) is 0.182. The molecule has 4 heteroatoms. The average molecular weight is 223 g/mol. The summed E-state index contributed by atoms with van der Waals surface area (Å²) in [5, 5.41) is 1.56. The van der Waals surface area contributed by atoms with Crippen molar-refractivity contribution in [3.63, 3.8) is 0 Å². The Morgan fingerprint density at radius 3 is 3.00 bits per heavy atom. The molecule has 2 rings (SSSR count). The van der Waals surface area contributed by atoms with Crippen LogP contribution in [0.3, 0.4) is 0 Å². The maximum absolute atomic E-state index is 11.7. The zero-order chi connectivity index (χ0) is 10.8. The molecule has 0 spiro atoms. The number of nitrogens with one attached hydrogen (secondary N) is 1. The van der Waals surface area contributed by atoms with E-state index in [1.807, 2.05) is 6.07 Å². The lowest BCUT2D eigenvalue weighted by Gasteiger charge is -1.96. The minimum atomic E-state index is 0.0612. The Balaban J connectivity index is 2.49. The number of carbonyl (C=O) groups is 1. The molecular formula is C11H11ClN2O. The molecule has 1 aromatic carbocycles. The highest BCUT2D eigenvalue weighted by atomic mass is 35.5. The van der Waals surface area contributed by atoms with Crippen LogP contribution in [-0.4, -0.2) is 17.3 Å². The Morgan fingerprint density at radius 2 is 2.27 bits per heavy atom. The summed E-state index contributed by atoms with van der Waals surface area (Å²) in [4.78, 5) is 14.7. The lowest BCUT2D eigenvalue weighted by molar-refractivity contribution is 0.0987. The number of H-pyrrole nitrogens is 1. The molecule has 1 aromatic heterocycles. The maximum atomic E-state index is 11.7. The number of hydrogen-bond donors (Lipinski definition) is 2. The number of aromatic amines is 1. The van der Waals surface area contributed by atoms with Gasteiger partial charge in [0, 0.05) is 34.1 Å². The second kappa shape index (κ2) is 4.04. The molecular weight excluding hydrogens is 212 g/mol. The van der Waals surface area contributed by atoms with Gasteiger partial charge in [0.25, 0.3) is 0 Å². The first kappa shape index (κ1) is 10.2. The van der Waals surface area contributed by atoms with Crippen LogP contribution in [0.25, 0.3) is 10.9 Å².